The fraction of sp³-hybridized carbons (Fsp3) is 0.333. The van der Waals surface area contributed by atoms with Crippen molar-refractivity contribution in [1.82, 2.24) is 0 Å². The minimum Gasteiger partial charge on any atom is -0.420 e. The van der Waals surface area contributed by atoms with E-state index in [0.29, 0.717) is 11.3 Å². The molecule has 0 aliphatic carbocycles. The van der Waals surface area contributed by atoms with Crippen LogP contribution in [0.2, 0.25) is 0 Å². The average molecular weight is 204 g/mol. The lowest BCUT2D eigenvalue weighted by Gasteiger charge is -2.03. The summed E-state index contributed by atoms with van der Waals surface area (Å²) < 4.78 is 4.85. The van der Waals surface area contributed by atoms with Crippen LogP contribution in [0.1, 0.15) is 35.7 Å². The molecule has 1 aromatic carbocycles. The van der Waals surface area contributed by atoms with Crippen LogP contribution in [0, 0.1) is 0 Å². The maximum absolute atomic E-state index is 11.5. The van der Waals surface area contributed by atoms with Gasteiger partial charge in [-0.2, -0.15) is 0 Å². The quantitative estimate of drug-likeness (QED) is 0.430. The fourth-order valence-electron chi connectivity index (χ4n) is 1.74. The lowest BCUT2D eigenvalue weighted by molar-refractivity contribution is -0.128. The summed E-state index contributed by atoms with van der Waals surface area (Å²) in [7, 11) is 0. The number of esters is 1. The SMILES string of the molecule is CCCCc1cccc2c1C(=O)C(=O)O2. The van der Waals surface area contributed by atoms with E-state index in [9.17, 15) is 9.59 Å². The standard InChI is InChI=1S/C12H12O3/c1-2-3-5-8-6-4-7-9-10(8)11(13)12(14)15-9/h4,6-7H,2-3,5H2,1H3. The number of aryl methyl sites for hydroxylation is 1. The van der Waals surface area contributed by atoms with Gasteiger partial charge in [0.05, 0.1) is 5.56 Å². The number of unbranched alkanes of at least 4 members (excludes halogenated alkanes) is 1. The van der Waals surface area contributed by atoms with Gasteiger partial charge >= 0.3 is 5.97 Å². The minimum atomic E-state index is -0.756. The lowest BCUT2D eigenvalue weighted by atomic mass is 9.99. The molecule has 1 heterocycles. The van der Waals surface area contributed by atoms with Gasteiger partial charge in [0.25, 0.3) is 5.78 Å². The summed E-state index contributed by atoms with van der Waals surface area (Å²) in [4.78, 5) is 22.6. The number of carbonyl (C=O) groups excluding carboxylic acids is 2. The summed E-state index contributed by atoms with van der Waals surface area (Å²) in [5.41, 5.74) is 1.39. The Hall–Kier alpha value is -1.64. The van der Waals surface area contributed by atoms with Gasteiger partial charge in [0.15, 0.2) is 0 Å². The summed E-state index contributed by atoms with van der Waals surface area (Å²) in [5.74, 6) is -0.843. The molecule has 0 N–H and O–H groups in total. The average Bonchev–Trinajstić information content (AvgIpc) is 2.53. The highest BCUT2D eigenvalue weighted by molar-refractivity contribution is 6.44. The molecule has 15 heavy (non-hydrogen) atoms. The zero-order chi connectivity index (χ0) is 10.8. The van der Waals surface area contributed by atoms with Crippen LogP contribution in [0.5, 0.6) is 5.75 Å². The maximum atomic E-state index is 11.5. The Labute approximate surface area is 88.1 Å². The Balaban J connectivity index is 2.38. The van der Waals surface area contributed by atoms with Crippen molar-refractivity contribution in [1.29, 1.82) is 0 Å². The molecular weight excluding hydrogens is 192 g/mol. The van der Waals surface area contributed by atoms with Crippen molar-refractivity contribution in [2.24, 2.45) is 0 Å². The third-order valence-electron chi connectivity index (χ3n) is 2.53. The molecule has 0 aromatic heterocycles. The van der Waals surface area contributed by atoms with Gasteiger partial charge in [0, 0.05) is 0 Å². The Bertz CT molecular complexity index is 421. The van der Waals surface area contributed by atoms with Crippen LogP contribution in [0.4, 0.5) is 0 Å². The predicted octanol–water partition coefficient (Wildman–Crippen LogP) is 2.13. The van der Waals surface area contributed by atoms with E-state index in [1.165, 1.54) is 0 Å². The first kappa shape index (κ1) is 9.90. The number of carbonyl (C=O) groups is 2. The van der Waals surface area contributed by atoms with Gasteiger partial charge in [0.1, 0.15) is 5.75 Å². The second-order valence-electron chi connectivity index (χ2n) is 3.61. The number of Topliss-reactive ketones (excluding diaryl/α,β-unsaturated/α-hetero) is 1. The second-order valence-corrected chi connectivity index (χ2v) is 3.61. The van der Waals surface area contributed by atoms with E-state index in [4.69, 9.17) is 4.74 Å². The molecule has 3 nitrogen and oxygen atoms in total. The van der Waals surface area contributed by atoms with E-state index in [2.05, 4.69) is 6.92 Å². The number of hydrogen-bond donors (Lipinski definition) is 0. The van der Waals surface area contributed by atoms with Crippen LogP contribution in [0.15, 0.2) is 18.2 Å². The number of hydrogen-bond acceptors (Lipinski definition) is 3. The van der Waals surface area contributed by atoms with Gasteiger partial charge in [-0.1, -0.05) is 25.5 Å². The van der Waals surface area contributed by atoms with Crippen LogP contribution in [-0.4, -0.2) is 11.8 Å². The number of fused-ring (bicyclic) bond motifs is 1. The molecule has 1 aliphatic rings. The van der Waals surface area contributed by atoms with Gasteiger partial charge in [-0.3, -0.25) is 4.79 Å². The number of ketones is 1. The van der Waals surface area contributed by atoms with Crippen LogP contribution < -0.4 is 4.74 Å². The van der Waals surface area contributed by atoms with Crippen molar-refractivity contribution >= 4 is 11.8 Å². The molecule has 0 fully saturated rings. The zero-order valence-electron chi connectivity index (χ0n) is 8.58. The molecule has 1 aliphatic heterocycles. The van der Waals surface area contributed by atoms with Crippen LogP contribution in [-0.2, 0) is 11.2 Å². The molecule has 0 bridgehead atoms. The summed E-state index contributed by atoms with van der Waals surface area (Å²) in [6.45, 7) is 2.09. The molecule has 0 radical (unpaired) electrons. The van der Waals surface area contributed by atoms with E-state index >= 15 is 0 Å². The van der Waals surface area contributed by atoms with Gasteiger partial charge in [-0.25, -0.2) is 4.79 Å². The summed E-state index contributed by atoms with van der Waals surface area (Å²) in [6, 6.07) is 5.36. The van der Waals surface area contributed by atoms with Crippen molar-refractivity contribution in [2.75, 3.05) is 0 Å². The van der Waals surface area contributed by atoms with Crippen molar-refractivity contribution in [3.8, 4) is 5.75 Å². The smallest absolute Gasteiger partial charge is 0.385 e. The second kappa shape index (κ2) is 3.85. The maximum Gasteiger partial charge on any atom is 0.385 e. The Morgan fingerprint density at radius 3 is 2.80 bits per heavy atom. The van der Waals surface area contributed by atoms with E-state index in [1.807, 2.05) is 12.1 Å². The fourth-order valence-corrected chi connectivity index (χ4v) is 1.74. The number of benzene rings is 1. The Morgan fingerprint density at radius 1 is 1.27 bits per heavy atom. The number of rotatable bonds is 3. The van der Waals surface area contributed by atoms with E-state index in [1.54, 1.807) is 6.07 Å². The topological polar surface area (TPSA) is 43.4 Å². The molecule has 0 saturated carbocycles. The van der Waals surface area contributed by atoms with Crippen molar-refractivity contribution in [3.05, 3.63) is 29.3 Å². The third kappa shape index (κ3) is 1.65. The van der Waals surface area contributed by atoms with E-state index in [0.717, 1.165) is 24.8 Å². The Kier molecular flexibility index (Phi) is 2.54. The molecular formula is C12H12O3. The summed E-state index contributed by atoms with van der Waals surface area (Å²) in [6.07, 6.45) is 2.90. The Morgan fingerprint density at radius 2 is 2.07 bits per heavy atom. The van der Waals surface area contributed by atoms with Crippen LogP contribution in [0.25, 0.3) is 0 Å². The molecule has 1 aromatic rings. The molecule has 0 atom stereocenters. The molecule has 0 spiro atoms. The summed E-state index contributed by atoms with van der Waals surface area (Å²) in [5, 5.41) is 0. The van der Waals surface area contributed by atoms with E-state index < -0.39 is 11.8 Å². The van der Waals surface area contributed by atoms with Gasteiger partial charge in [-0.05, 0) is 24.5 Å². The summed E-state index contributed by atoms with van der Waals surface area (Å²) >= 11 is 0. The van der Waals surface area contributed by atoms with Gasteiger partial charge < -0.3 is 4.74 Å². The molecule has 2 rings (SSSR count). The molecule has 3 heteroatoms. The molecule has 0 saturated heterocycles. The molecule has 0 unspecified atom stereocenters. The third-order valence-corrected chi connectivity index (χ3v) is 2.53. The first-order valence-electron chi connectivity index (χ1n) is 5.12. The first-order chi connectivity index (χ1) is 7.24. The van der Waals surface area contributed by atoms with Gasteiger partial charge in [-0.15, -0.1) is 0 Å². The normalized spacial score (nSPS) is 13.9. The molecule has 78 valence electrons. The highest BCUT2D eigenvalue weighted by atomic mass is 16.5. The van der Waals surface area contributed by atoms with Gasteiger partial charge in [0.2, 0.25) is 0 Å². The highest BCUT2D eigenvalue weighted by Crippen LogP contribution is 2.29. The van der Waals surface area contributed by atoms with Crippen molar-refractivity contribution < 1.29 is 14.3 Å². The van der Waals surface area contributed by atoms with Crippen molar-refractivity contribution in [2.45, 2.75) is 26.2 Å². The monoisotopic (exact) mass is 204 g/mol. The first-order valence-corrected chi connectivity index (χ1v) is 5.12. The van der Waals surface area contributed by atoms with Crippen LogP contribution >= 0.6 is 0 Å². The largest absolute Gasteiger partial charge is 0.420 e. The molecule has 0 amide bonds. The zero-order valence-corrected chi connectivity index (χ0v) is 8.58. The minimum absolute atomic E-state index is 0.415. The van der Waals surface area contributed by atoms with Crippen molar-refractivity contribution in [3.63, 3.8) is 0 Å². The predicted molar refractivity (Wildman–Crippen MR) is 55.0 cm³/mol. The lowest BCUT2D eigenvalue weighted by Crippen LogP contribution is -2.11. The highest BCUT2D eigenvalue weighted by Gasteiger charge is 2.32. The number of ether oxygens (including phenoxy) is 1. The van der Waals surface area contributed by atoms with Crippen LogP contribution in [0.3, 0.4) is 0 Å². The van der Waals surface area contributed by atoms with E-state index in [-0.39, 0.29) is 0 Å².